The summed E-state index contributed by atoms with van der Waals surface area (Å²) in [6.07, 6.45) is 4.81. The first-order chi connectivity index (χ1) is 8.79. The first-order valence-corrected chi connectivity index (χ1v) is 7.71. The predicted octanol–water partition coefficient (Wildman–Crippen LogP) is 2.45. The molecule has 18 heavy (non-hydrogen) atoms. The van der Waals surface area contributed by atoms with Crippen molar-refractivity contribution < 1.29 is 4.79 Å². The van der Waals surface area contributed by atoms with Gasteiger partial charge in [0.1, 0.15) is 0 Å². The minimum absolute atomic E-state index is 0.256. The van der Waals surface area contributed by atoms with Crippen LogP contribution in [0.3, 0.4) is 0 Å². The Morgan fingerprint density at radius 2 is 2.28 bits per heavy atom. The summed E-state index contributed by atoms with van der Waals surface area (Å²) in [4.78, 5) is 15.6. The number of piperidine rings is 1. The molecule has 2 aliphatic rings. The maximum absolute atomic E-state index is 12.6. The zero-order valence-corrected chi connectivity index (χ0v) is 11.6. The summed E-state index contributed by atoms with van der Waals surface area (Å²) in [5, 5.41) is 5.36. The molecule has 1 saturated carbocycles. The van der Waals surface area contributed by atoms with Crippen molar-refractivity contribution in [2.45, 2.75) is 37.6 Å². The maximum atomic E-state index is 12.6. The van der Waals surface area contributed by atoms with Gasteiger partial charge in [-0.2, -0.15) is 0 Å². The molecule has 0 aromatic carbocycles. The molecule has 0 bridgehead atoms. The van der Waals surface area contributed by atoms with Crippen LogP contribution < -0.4 is 5.32 Å². The van der Waals surface area contributed by atoms with Crippen LogP contribution >= 0.6 is 11.3 Å². The molecule has 4 heteroatoms. The number of nitrogens with zero attached hydrogens (tertiary/aromatic N) is 1. The number of rotatable bonds is 3. The van der Waals surface area contributed by atoms with Crippen molar-refractivity contribution in [2.75, 3.05) is 20.1 Å². The minimum Gasteiger partial charge on any atom is -0.336 e. The maximum Gasteiger partial charge on any atom is 0.264 e. The third-order valence-corrected chi connectivity index (χ3v) is 4.94. The highest BCUT2D eigenvalue weighted by molar-refractivity contribution is 7.12. The summed E-state index contributed by atoms with van der Waals surface area (Å²) in [6, 6.07) is 2.61. The number of likely N-dealkylation sites (N-methyl/N-ethyl adjacent to an activating group) is 1. The second-order valence-corrected chi connectivity index (χ2v) is 6.27. The van der Waals surface area contributed by atoms with E-state index in [-0.39, 0.29) is 5.91 Å². The van der Waals surface area contributed by atoms with Gasteiger partial charge in [-0.05, 0) is 55.7 Å². The Kier molecular flexibility index (Phi) is 3.39. The molecule has 3 rings (SSSR count). The highest BCUT2D eigenvalue weighted by Crippen LogP contribution is 2.43. The number of carbonyl (C=O) groups is 1. The smallest absolute Gasteiger partial charge is 0.264 e. The SMILES string of the molecule is CN[C@@H]1CCCN(C(=O)c2sccc2C2CC2)C1. The summed E-state index contributed by atoms with van der Waals surface area (Å²) in [5.41, 5.74) is 1.30. The van der Waals surface area contributed by atoms with Crippen molar-refractivity contribution >= 4 is 17.2 Å². The summed E-state index contributed by atoms with van der Waals surface area (Å²) in [5.74, 6) is 0.923. The number of hydrogen-bond acceptors (Lipinski definition) is 3. The van der Waals surface area contributed by atoms with Gasteiger partial charge in [0.05, 0.1) is 4.88 Å². The minimum atomic E-state index is 0.256. The van der Waals surface area contributed by atoms with Crippen LogP contribution in [0.15, 0.2) is 11.4 Å². The molecule has 3 nitrogen and oxygen atoms in total. The fourth-order valence-electron chi connectivity index (χ4n) is 2.75. The van der Waals surface area contributed by atoms with Crippen molar-refractivity contribution in [1.82, 2.24) is 10.2 Å². The standard InChI is InChI=1S/C14H20N2OS/c1-15-11-3-2-7-16(9-11)14(17)13-12(6-8-18-13)10-4-5-10/h6,8,10-11,15H,2-5,7,9H2,1H3/t11-/m1/s1. The van der Waals surface area contributed by atoms with E-state index in [0.717, 1.165) is 24.4 Å². The fourth-order valence-corrected chi connectivity index (χ4v) is 3.70. The molecule has 1 N–H and O–H groups in total. The molecule has 0 unspecified atom stereocenters. The van der Waals surface area contributed by atoms with E-state index < -0.39 is 0 Å². The molecule has 1 saturated heterocycles. The molecule has 1 atom stereocenters. The average molecular weight is 264 g/mol. The average Bonchev–Trinajstić information content (AvgIpc) is 3.15. The van der Waals surface area contributed by atoms with E-state index in [1.165, 1.54) is 24.8 Å². The van der Waals surface area contributed by atoms with Crippen molar-refractivity contribution in [3.8, 4) is 0 Å². The quantitative estimate of drug-likeness (QED) is 0.909. The van der Waals surface area contributed by atoms with Gasteiger partial charge in [-0.15, -0.1) is 11.3 Å². The first kappa shape index (κ1) is 12.2. The normalized spacial score (nSPS) is 24.3. The van der Waals surface area contributed by atoms with E-state index in [1.807, 2.05) is 11.9 Å². The monoisotopic (exact) mass is 264 g/mol. The van der Waals surface area contributed by atoms with Crippen LogP contribution in [-0.2, 0) is 0 Å². The number of likely N-dealkylation sites (tertiary alicyclic amines) is 1. The van der Waals surface area contributed by atoms with Crippen LogP contribution in [0.25, 0.3) is 0 Å². The molecule has 0 spiro atoms. The predicted molar refractivity (Wildman–Crippen MR) is 74.3 cm³/mol. The number of carbonyl (C=O) groups excluding carboxylic acids is 1. The number of thiophene rings is 1. The summed E-state index contributed by atoms with van der Waals surface area (Å²) >= 11 is 1.62. The molecule has 1 aliphatic heterocycles. The zero-order chi connectivity index (χ0) is 12.5. The lowest BCUT2D eigenvalue weighted by atomic mass is 10.0. The Morgan fingerprint density at radius 3 is 3.00 bits per heavy atom. The highest BCUT2D eigenvalue weighted by Gasteiger charge is 2.31. The fraction of sp³-hybridized carbons (Fsp3) is 0.643. The Hall–Kier alpha value is -0.870. The van der Waals surface area contributed by atoms with E-state index in [1.54, 1.807) is 11.3 Å². The van der Waals surface area contributed by atoms with E-state index in [2.05, 4.69) is 16.8 Å². The van der Waals surface area contributed by atoms with Crippen molar-refractivity contribution in [2.24, 2.45) is 0 Å². The molecule has 1 aromatic heterocycles. The highest BCUT2D eigenvalue weighted by atomic mass is 32.1. The molecule has 1 aliphatic carbocycles. The van der Waals surface area contributed by atoms with Crippen LogP contribution in [0.2, 0.25) is 0 Å². The van der Waals surface area contributed by atoms with Crippen LogP contribution in [0.1, 0.15) is 46.8 Å². The number of hydrogen-bond donors (Lipinski definition) is 1. The van der Waals surface area contributed by atoms with Crippen molar-refractivity contribution in [1.29, 1.82) is 0 Å². The third-order valence-electron chi connectivity index (χ3n) is 4.02. The van der Waals surface area contributed by atoms with Gasteiger partial charge < -0.3 is 10.2 Å². The Bertz CT molecular complexity index is 439. The van der Waals surface area contributed by atoms with Crippen molar-refractivity contribution in [3.05, 3.63) is 21.9 Å². The van der Waals surface area contributed by atoms with E-state index in [4.69, 9.17) is 0 Å². The number of amides is 1. The molecule has 1 aromatic rings. The molecular weight excluding hydrogens is 244 g/mol. The third kappa shape index (κ3) is 2.31. The lowest BCUT2D eigenvalue weighted by Gasteiger charge is -2.32. The van der Waals surface area contributed by atoms with Gasteiger partial charge >= 0.3 is 0 Å². The zero-order valence-electron chi connectivity index (χ0n) is 10.8. The van der Waals surface area contributed by atoms with E-state index in [0.29, 0.717) is 12.0 Å². The van der Waals surface area contributed by atoms with Crippen LogP contribution in [-0.4, -0.2) is 37.0 Å². The van der Waals surface area contributed by atoms with Gasteiger partial charge in [-0.3, -0.25) is 4.79 Å². The molecule has 2 heterocycles. The Balaban J connectivity index is 1.74. The molecular formula is C14H20N2OS. The molecule has 0 radical (unpaired) electrons. The van der Waals surface area contributed by atoms with E-state index in [9.17, 15) is 4.79 Å². The largest absolute Gasteiger partial charge is 0.336 e. The van der Waals surface area contributed by atoms with Gasteiger partial charge in [-0.1, -0.05) is 0 Å². The van der Waals surface area contributed by atoms with Gasteiger partial charge in [0.25, 0.3) is 5.91 Å². The lowest BCUT2D eigenvalue weighted by molar-refractivity contribution is 0.0702. The van der Waals surface area contributed by atoms with Crippen LogP contribution in [0, 0.1) is 0 Å². The van der Waals surface area contributed by atoms with Gasteiger partial charge in [0.2, 0.25) is 0 Å². The van der Waals surface area contributed by atoms with Gasteiger partial charge in [0.15, 0.2) is 0 Å². The van der Waals surface area contributed by atoms with Gasteiger partial charge in [0, 0.05) is 19.1 Å². The van der Waals surface area contributed by atoms with Crippen LogP contribution in [0.5, 0.6) is 0 Å². The Morgan fingerprint density at radius 1 is 1.44 bits per heavy atom. The van der Waals surface area contributed by atoms with Crippen LogP contribution in [0.4, 0.5) is 0 Å². The number of nitrogens with one attached hydrogen (secondary N) is 1. The lowest BCUT2D eigenvalue weighted by Crippen LogP contribution is -2.46. The second kappa shape index (κ2) is 5.02. The van der Waals surface area contributed by atoms with Gasteiger partial charge in [-0.25, -0.2) is 0 Å². The topological polar surface area (TPSA) is 32.3 Å². The first-order valence-electron chi connectivity index (χ1n) is 6.83. The summed E-state index contributed by atoms with van der Waals surface area (Å²) < 4.78 is 0. The summed E-state index contributed by atoms with van der Waals surface area (Å²) in [6.45, 7) is 1.77. The molecule has 98 valence electrons. The molecule has 1 amide bonds. The summed E-state index contributed by atoms with van der Waals surface area (Å²) in [7, 11) is 1.99. The van der Waals surface area contributed by atoms with Crippen molar-refractivity contribution in [3.63, 3.8) is 0 Å². The van der Waals surface area contributed by atoms with E-state index >= 15 is 0 Å². The second-order valence-electron chi connectivity index (χ2n) is 5.36. The molecule has 2 fully saturated rings. The Labute approximate surface area is 112 Å².